The Morgan fingerprint density at radius 3 is 2.28 bits per heavy atom. The predicted octanol–water partition coefficient (Wildman–Crippen LogP) is 3.13. The van der Waals surface area contributed by atoms with Crippen LogP contribution >= 0.6 is 0 Å². The molecule has 0 aliphatic rings. The number of ether oxygens (including phenoxy) is 1. The molecular formula is C21H27FN2O4S. The minimum absolute atomic E-state index is 0.285. The number of sulfonamides is 1. The summed E-state index contributed by atoms with van der Waals surface area (Å²) in [4.78, 5) is 12.7. The molecule has 158 valence electrons. The van der Waals surface area contributed by atoms with Gasteiger partial charge < -0.3 is 10.1 Å². The molecule has 1 atom stereocenters. The number of aryl methyl sites for hydroxylation is 1. The molecular weight excluding hydrogens is 395 g/mol. The van der Waals surface area contributed by atoms with Gasteiger partial charge in [-0.1, -0.05) is 19.1 Å². The van der Waals surface area contributed by atoms with E-state index < -0.39 is 16.1 Å². The Balaban J connectivity index is 2.04. The molecule has 6 nitrogen and oxygen atoms in total. The summed E-state index contributed by atoms with van der Waals surface area (Å²) >= 11 is 0. The molecule has 2 rings (SSSR count). The van der Waals surface area contributed by atoms with Gasteiger partial charge in [-0.25, -0.2) is 12.8 Å². The molecule has 0 unspecified atom stereocenters. The number of hydrogen-bond acceptors (Lipinski definition) is 4. The van der Waals surface area contributed by atoms with E-state index in [1.54, 1.807) is 43.3 Å². The van der Waals surface area contributed by atoms with Gasteiger partial charge in [0.05, 0.1) is 19.1 Å². The average molecular weight is 423 g/mol. The van der Waals surface area contributed by atoms with E-state index in [-0.39, 0.29) is 11.7 Å². The number of halogens is 1. The van der Waals surface area contributed by atoms with Crippen LogP contribution in [-0.2, 0) is 21.2 Å². The summed E-state index contributed by atoms with van der Waals surface area (Å²) in [5.74, 6) is -0.0411. The highest BCUT2D eigenvalue weighted by Gasteiger charge is 2.31. The number of amides is 1. The first-order chi connectivity index (χ1) is 13.8. The van der Waals surface area contributed by atoms with Crippen molar-refractivity contribution in [1.82, 2.24) is 5.32 Å². The molecule has 0 bridgehead atoms. The molecule has 0 aliphatic heterocycles. The zero-order valence-electron chi connectivity index (χ0n) is 16.9. The Morgan fingerprint density at radius 1 is 1.14 bits per heavy atom. The minimum Gasteiger partial charge on any atom is -0.497 e. The third-order valence-corrected chi connectivity index (χ3v) is 5.69. The number of hydrogen-bond donors (Lipinski definition) is 1. The second-order valence-electron chi connectivity index (χ2n) is 6.70. The lowest BCUT2D eigenvalue weighted by molar-refractivity contribution is -0.122. The molecule has 1 amide bonds. The maximum absolute atomic E-state index is 12.9. The van der Waals surface area contributed by atoms with Crippen LogP contribution in [0.15, 0.2) is 48.5 Å². The standard InChI is InChI=1S/C21H27FN2O4S/c1-4-20(21(25)23-15-5-6-16-7-9-17(22)10-8-16)24(29(3,26)27)18-11-13-19(28-2)14-12-18/h7-14,20H,4-6,15H2,1-3H3,(H,23,25)/t20-/m0/s1. The molecule has 0 radical (unpaired) electrons. The fraction of sp³-hybridized carbons (Fsp3) is 0.381. The number of benzene rings is 2. The molecule has 0 fully saturated rings. The fourth-order valence-electron chi connectivity index (χ4n) is 3.06. The quantitative estimate of drug-likeness (QED) is 0.597. The normalized spacial score (nSPS) is 12.3. The monoisotopic (exact) mass is 422 g/mol. The van der Waals surface area contributed by atoms with E-state index in [9.17, 15) is 17.6 Å². The number of carbonyl (C=O) groups excluding carboxylic acids is 1. The number of carbonyl (C=O) groups is 1. The molecule has 0 saturated heterocycles. The first-order valence-corrected chi connectivity index (χ1v) is 11.3. The Bertz CT molecular complexity index is 899. The third kappa shape index (κ3) is 6.45. The van der Waals surface area contributed by atoms with Crippen molar-refractivity contribution in [2.24, 2.45) is 0 Å². The van der Waals surface area contributed by atoms with Gasteiger partial charge in [-0.05, 0) is 61.2 Å². The second kappa shape index (κ2) is 10.2. The van der Waals surface area contributed by atoms with Crippen molar-refractivity contribution in [3.8, 4) is 5.75 Å². The minimum atomic E-state index is -3.68. The molecule has 8 heteroatoms. The second-order valence-corrected chi connectivity index (χ2v) is 8.56. The van der Waals surface area contributed by atoms with Crippen LogP contribution in [0.5, 0.6) is 5.75 Å². The van der Waals surface area contributed by atoms with Gasteiger partial charge in [0, 0.05) is 6.54 Å². The number of rotatable bonds is 10. The molecule has 0 spiro atoms. The lowest BCUT2D eigenvalue weighted by Crippen LogP contribution is -2.49. The summed E-state index contributed by atoms with van der Waals surface area (Å²) in [5.41, 5.74) is 1.38. The van der Waals surface area contributed by atoms with Gasteiger partial charge in [0.1, 0.15) is 17.6 Å². The Kier molecular flexibility index (Phi) is 8.01. The Labute approximate surface area is 171 Å². The molecule has 0 heterocycles. The van der Waals surface area contributed by atoms with Crippen molar-refractivity contribution < 1.29 is 22.3 Å². The van der Waals surface area contributed by atoms with E-state index >= 15 is 0 Å². The van der Waals surface area contributed by atoms with Gasteiger partial charge in [-0.2, -0.15) is 0 Å². The number of methoxy groups -OCH3 is 1. The van der Waals surface area contributed by atoms with Gasteiger partial charge in [-0.15, -0.1) is 0 Å². The van der Waals surface area contributed by atoms with E-state index in [0.29, 0.717) is 37.2 Å². The molecule has 2 aromatic rings. The molecule has 1 N–H and O–H groups in total. The number of nitrogens with zero attached hydrogens (tertiary/aromatic N) is 1. The molecule has 0 saturated carbocycles. The van der Waals surface area contributed by atoms with Crippen LogP contribution < -0.4 is 14.4 Å². The highest BCUT2D eigenvalue weighted by Crippen LogP contribution is 2.25. The molecule has 0 aliphatic carbocycles. The van der Waals surface area contributed by atoms with Gasteiger partial charge in [-0.3, -0.25) is 9.10 Å². The lowest BCUT2D eigenvalue weighted by Gasteiger charge is -2.30. The summed E-state index contributed by atoms with van der Waals surface area (Å²) in [6, 6.07) is 11.9. The zero-order valence-corrected chi connectivity index (χ0v) is 17.7. The summed E-state index contributed by atoms with van der Waals surface area (Å²) < 4.78 is 44.0. The lowest BCUT2D eigenvalue weighted by atomic mass is 10.1. The maximum atomic E-state index is 12.9. The van der Waals surface area contributed by atoms with E-state index in [1.807, 2.05) is 0 Å². The topological polar surface area (TPSA) is 75.7 Å². The van der Waals surface area contributed by atoms with Crippen LogP contribution in [0.1, 0.15) is 25.3 Å². The van der Waals surface area contributed by atoms with Crippen LogP contribution in [0.3, 0.4) is 0 Å². The summed E-state index contributed by atoms with van der Waals surface area (Å²) in [6.45, 7) is 2.16. The number of nitrogens with one attached hydrogen (secondary N) is 1. The van der Waals surface area contributed by atoms with Gasteiger partial charge in [0.2, 0.25) is 15.9 Å². The van der Waals surface area contributed by atoms with Crippen molar-refractivity contribution in [2.45, 2.75) is 32.2 Å². The van der Waals surface area contributed by atoms with Gasteiger partial charge >= 0.3 is 0 Å². The maximum Gasteiger partial charge on any atom is 0.243 e. The van der Waals surface area contributed by atoms with Crippen molar-refractivity contribution in [1.29, 1.82) is 0 Å². The SMILES string of the molecule is CC[C@@H](C(=O)NCCCc1ccc(F)cc1)N(c1ccc(OC)cc1)S(C)(=O)=O. The largest absolute Gasteiger partial charge is 0.497 e. The van der Waals surface area contributed by atoms with Crippen LogP contribution in [0, 0.1) is 5.82 Å². The summed E-state index contributed by atoms with van der Waals surface area (Å²) in [6.07, 6.45) is 2.76. The van der Waals surface area contributed by atoms with Crippen LogP contribution in [-0.4, -0.2) is 40.3 Å². The van der Waals surface area contributed by atoms with Gasteiger partial charge in [0.25, 0.3) is 0 Å². The van der Waals surface area contributed by atoms with Crippen LogP contribution in [0.4, 0.5) is 10.1 Å². The Hall–Kier alpha value is -2.61. The zero-order chi connectivity index (χ0) is 21.4. The van der Waals surface area contributed by atoms with Crippen molar-refractivity contribution in [3.05, 3.63) is 59.9 Å². The third-order valence-electron chi connectivity index (χ3n) is 4.51. The van der Waals surface area contributed by atoms with Crippen molar-refractivity contribution in [3.63, 3.8) is 0 Å². The first-order valence-electron chi connectivity index (χ1n) is 9.42. The van der Waals surface area contributed by atoms with Crippen LogP contribution in [0.2, 0.25) is 0 Å². The fourth-order valence-corrected chi connectivity index (χ4v) is 4.27. The van der Waals surface area contributed by atoms with E-state index in [2.05, 4.69) is 5.32 Å². The number of anilines is 1. The predicted molar refractivity (Wildman–Crippen MR) is 112 cm³/mol. The van der Waals surface area contributed by atoms with E-state index in [1.165, 1.54) is 19.2 Å². The average Bonchev–Trinajstić information content (AvgIpc) is 2.69. The highest BCUT2D eigenvalue weighted by atomic mass is 32.2. The van der Waals surface area contributed by atoms with Crippen molar-refractivity contribution >= 4 is 21.6 Å². The highest BCUT2D eigenvalue weighted by molar-refractivity contribution is 7.92. The van der Waals surface area contributed by atoms with Gasteiger partial charge in [0.15, 0.2) is 0 Å². The summed E-state index contributed by atoms with van der Waals surface area (Å²) in [7, 11) is -2.15. The van der Waals surface area contributed by atoms with Crippen molar-refractivity contribution in [2.75, 3.05) is 24.2 Å². The van der Waals surface area contributed by atoms with Crippen LogP contribution in [0.25, 0.3) is 0 Å². The molecule has 29 heavy (non-hydrogen) atoms. The Morgan fingerprint density at radius 2 is 1.76 bits per heavy atom. The smallest absolute Gasteiger partial charge is 0.243 e. The van der Waals surface area contributed by atoms with E-state index in [0.717, 1.165) is 16.1 Å². The first kappa shape index (κ1) is 22.7. The molecule has 2 aromatic carbocycles. The summed E-state index contributed by atoms with van der Waals surface area (Å²) in [5, 5.41) is 2.82. The molecule has 0 aromatic heterocycles. The van der Waals surface area contributed by atoms with E-state index in [4.69, 9.17) is 4.74 Å².